The van der Waals surface area contributed by atoms with E-state index in [0.29, 0.717) is 31.9 Å². The first-order valence-corrected chi connectivity index (χ1v) is 9.80. The van der Waals surface area contributed by atoms with Gasteiger partial charge in [0.15, 0.2) is 6.35 Å². The SMILES string of the molecule is C=C/C(=C1/CN(C(O)Nc2ccc(F)c(Cl)c2)CCN1C)N1C(=O)COCC1C. The number of rotatable bonds is 5. The summed E-state index contributed by atoms with van der Waals surface area (Å²) < 4.78 is 18.7. The van der Waals surface area contributed by atoms with E-state index in [2.05, 4.69) is 16.8 Å². The number of nitrogens with zero attached hydrogens (tertiary/aromatic N) is 3. The van der Waals surface area contributed by atoms with Crippen molar-refractivity contribution in [3.63, 3.8) is 0 Å². The summed E-state index contributed by atoms with van der Waals surface area (Å²) in [5.74, 6) is -0.632. The van der Waals surface area contributed by atoms with Gasteiger partial charge in [-0.2, -0.15) is 0 Å². The van der Waals surface area contributed by atoms with Crippen LogP contribution in [-0.4, -0.2) is 78.0 Å². The molecule has 2 heterocycles. The second-order valence-electron chi connectivity index (χ2n) is 7.20. The predicted molar refractivity (Wildman–Crippen MR) is 110 cm³/mol. The van der Waals surface area contributed by atoms with Gasteiger partial charge in [-0.15, -0.1) is 0 Å². The number of halogens is 2. The van der Waals surface area contributed by atoms with Gasteiger partial charge in [-0.1, -0.05) is 18.2 Å². The van der Waals surface area contributed by atoms with Crippen molar-refractivity contribution in [3.05, 3.63) is 53.1 Å². The minimum absolute atomic E-state index is 0.0186. The summed E-state index contributed by atoms with van der Waals surface area (Å²) in [6, 6.07) is 4.08. The maximum Gasteiger partial charge on any atom is 0.253 e. The highest BCUT2D eigenvalue weighted by Crippen LogP contribution is 2.25. The molecule has 29 heavy (non-hydrogen) atoms. The largest absolute Gasteiger partial charge is 0.374 e. The van der Waals surface area contributed by atoms with Crippen molar-refractivity contribution in [2.24, 2.45) is 0 Å². The Hall–Kier alpha value is -2.13. The summed E-state index contributed by atoms with van der Waals surface area (Å²) in [5.41, 5.74) is 2.11. The smallest absolute Gasteiger partial charge is 0.253 e. The van der Waals surface area contributed by atoms with Crippen molar-refractivity contribution >= 4 is 23.2 Å². The van der Waals surface area contributed by atoms with E-state index in [9.17, 15) is 14.3 Å². The van der Waals surface area contributed by atoms with Crippen molar-refractivity contribution in [1.29, 1.82) is 0 Å². The van der Waals surface area contributed by atoms with Gasteiger partial charge in [-0.25, -0.2) is 4.39 Å². The molecule has 1 amide bonds. The molecule has 2 aliphatic rings. The van der Waals surface area contributed by atoms with Crippen molar-refractivity contribution in [2.45, 2.75) is 19.3 Å². The molecule has 7 nitrogen and oxygen atoms in total. The van der Waals surface area contributed by atoms with Crippen LogP contribution in [0, 0.1) is 5.82 Å². The standard InChI is InChI=1S/C20H26ClFN4O3/c1-4-17(26-13(2)11-29-12-19(26)27)18-10-25(8-7-24(18)3)20(28)23-14-5-6-16(22)15(21)9-14/h4-6,9,13,20,23,28H,1,7-8,10-12H2,2-3H3/b18-17+. The molecule has 0 saturated carbocycles. The molecule has 2 fully saturated rings. The Labute approximate surface area is 175 Å². The highest BCUT2D eigenvalue weighted by molar-refractivity contribution is 6.31. The molecule has 0 bridgehead atoms. The van der Waals surface area contributed by atoms with Crippen LogP contribution in [0.4, 0.5) is 10.1 Å². The quantitative estimate of drug-likeness (QED) is 0.705. The monoisotopic (exact) mass is 424 g/mol. The van der Waals surface area contributed by atoms with Gasteiger partial charge in [0, 0.05) is 32.4 Å². The Balaban J connectivity index is 1.81. The Bertz CT molecular complexity index is 819. The van der Waals surface area contributed by atoms with Crippen LogP contribution in [-0.2, 0) is 9.53 Å². The molecule has 2 saturated heterocycles. The van der Waals surface area contributed by atoms with Crippen molar-refractivity contribution in [2.75, 3.05) is 45.2 Å². The van der Waals surface area contributed by atoms with Gasteiger partial charge < -0.3 is 25.0 Å². The fraction of sp³-hybridized carbons (Fsp3) is 0.450. The number of ether oxygens (including phenoxy) is 1. The second kappa shape index (κ2) is 9.13. The van der Waals surface area contributed by atoms with Gasteiger partial charge in [-0.05, 0) is 31.2 Å². The zero-order valence-corrected chi connectivity index (χ0v) is 17.3. The number of hydrogen-bond donors (Lipinski definition) is 2. The van der Waals surface area contributed by atoms with Crippen LogP contribution in [0.25, 0.3) is 0 Å². The molecule has 0 aromatic heterocycles. The van der Waals surface area contributed by atoms with Crippen LogP contribution >= 0.6 is 11.6 Å². The van der Waals surface area contributed by atoms with Gasteiger partial charge in [-0.3, -0.25) is 9.69 Å². The number of hydrogen-bond acceptors (Lipinski definition) is 6. The number of aliphatic hydroxyl groups is 1. The molecule has 2 unspecified atom stereocenters. The molecule has 1 aromatic carbocycles. The van der Waals surface area contributed by atoms with Crippen molar-refractivity contribution < 1.29 is 19.0 Å². The highest BCUT2D eigenvalue weighted by atomic mass is 35.5. The van der Waals surface area contributed by atoms with Gasteiger partial charge >= 0.3 is 0 Å². The third-order valence-corrected chi connectivity index (χ3v) is 5.43. The minimum Gasteiger partial charge on any atom is -0.374 e. The number of morpholine rings is 1. The Morgan fingerprint density at radius 3 is 2.90 bits per heavy atom. The predicted octanol–water partition coefficient (Wildman–Crippen LogP) is 2.06. The number of likely N-dealkylation sites (N-methyl/N-ethyl adjacent to an activating group) is 1. The lowest BCUT2D eigenvalue weighted by Crippen LogP contribution is -2.53. The van der Waals surface area contributed by atoms with E-state index in [0.717, 1.165) is 11.4 Å². The maximum absolute atomic E-state index is 13.4. The summed E-state index contributed by atoms with van der Waals surface area (Å²) in [5, 5.41) is 13.6. The zero-order chi connectivity index (χ0) is 21.1. The summed E-state index contributed by atoms with van der Waals surface area (Å²) in [6.07, 6.45) is 0.665. The Morgan fingerprint density at radius 1 is 1.48 bits per heavy atom. The lowest BCUT2D eigenvalue weighted by molar-refractivity contribution is -0.143. The van der Waals surface area contributed by atoms with E-state index in [1.807, 2.05) is 18.9 Å². The highest BCUT2D eigenvalue weighted by Gasteiger charge is 2.32. The van der Waals surface area contributed by atoms with E-state index < -0.39 is 12.2 Å². The van der Waals surface area contributed by atoms with E-state index in [-0.39, 0.29) is 23.6 Å². The number of anilines is 1. The molecule has 0 spiro atoms. The van der Waals surface area contributed by atoms with Crippen LogP contribution in [0.3, 0.4) is 0 Å². The molecular weight excluding hydrogens is 399 g/mol. The molecule has 0 aliphatic carbocycles. The molecule has 2 N–H and O–H groups in total. The van der Waals surface area contributed by atoms with Crippen LogP contribution in [0.15, 0.2) is 42.2 Å². The fourth-order valence-electron chi connectivity index (χ4n) is 3.55. The van der Waals surface area contributed by atoms with Crippen LogP contribution in [0.1, 0.15) is 6.92 Å². The minimum atomic E-state index is -1.01. The molecule has 158 valence electrons. The second-order valence-corrected chi connectivity index (χ2v) is 7.61. The Morgan fingerprint density at radius 2 is 2.24 bits per heavy atom. The topological polar surface area (TPSA) is 68.3 Å². The van der Waals surface area contributed by atoms with E-state index in [1.54, 1.807) is 11.0 Å². The summed E-state index contributed by atoms with van der Waals surface area (Å²) in [4.78, 5) is 18.1. The first-order chi connectivity index (χ1) is 13.8. The lowest BCUT2D eigenvalue weighted by Gasteiger charge is -2.42. The molecule has 9 heteroatoms. The molecule has 1 aromatic rings. The van der Waals surface area contributed by atoms with Gasteiger partial charge in [0.1, 0.15) is 12.4 Å². The number of aliphatic hydroxyl groups excluding tert-OH is 1. The summed E-state index contributed by atoms with van der Waals surface area (Å²) >= 11 is 5.82. The van der Waals surface area contributed by atoms with E-state index >= 15 is 0 Å². The first-order valence-electron chi connectivity index (χ1n) is 9.42. The van der Waals surface area contributed by atoms with Gasteiger partial charge in [0.25, 0.3) is 5.91 Å². The van der Waals surface area contributed by atoms with Crippen LogP contribution < -0.4 is 5.32 Å². The number of piperazine rings is 1. The maximum atomic E-state index is 13.4. The first kappa shape index (κ1) is 21.6. The number of allylic oxidation sites excluding steroid dienone is 1. The molecule has 0 radical (unpaired) electrons. The van der Waals surface area contributed by atoms with Crippen LogP contribution in [0.2, 0.25) is 5.02 Å². The molecule has 2 atom stereocenters. The molecule has 2 aliphatic heterocycles. The van der Waals surface area contributed by atoms with Crippen molar-refractivity contribution in [3.8, 4) is 0 Å². The summed E-state index contributed by atoms with van der Waals surface area (Å²) in [6.45, 7) is 7.98. The number of carbonyl (C=O) groups is 1. The molecule has 3 rings (SSSR count). The summed E-state index contributed by atoms with van der Waals surface area (Å²) in [7, 11) is 1.95. The van der Waals surface area contributed by atoms with Crippen LogP contribution in [0.5, 0.6) is 0 Å². The van der Waals surface area contributed by atoms with E-state index in [1.165, 1.54) is 18.2 Å². The number of benzene rings is 1. The van der Waals surface area contributed by atoms with E-state index in [4.69, 9.17) is 16.3 Å². The number of amides is 1. The third kappa shape index (κ3) is 4.72. The Kier molecular flexibility index (Phi) is 6.79. The normalized spacial score (nSPS) is 23.8. The average molecular weight is 425 g/mol. The van der Waals surface area contributed by atoms with Crippen molar-refractivity contribution in [1.82, 2.24) is 14.7 Å². The average Bonchev–Trinajstić information content (AvgIpc) is 2.68. The lowest BCUT2D eigenvalue weighted by atomic mass is 10.1. The number of nitrogens with one attached hydrogen (secondary N) is 1. The van der Waals surface area contributed by atoms with Gasteiger partial charge in [0.2, 0.25) is 0 Å². The number of carbonyl (C=O) groups excluding carboxylic acids is 1. The fourth-order valence-corrected chi connectivity index (χ4v) is 3.73. The third-order valence-electron chi connectivity index (χ3n) is 5.14. The zero-order valence-electron chi connectivity index (χ0n) is 16.6. The molecular formula is C20H26ClFN4O3. The van der Waals surface area contributed by atoms with Gasteiger partial charge in [0.05, 0.1) is 29.1 Å².